The van der Waals surface area contributed by atoms with E-state index in [0.29, 0.717) is 6.61 Å². The van der Waals surface area contributed by atoms with Crippen molar-refractivity contribution in [2.75, 3.05) is 6.54 Å². The fourth-order valence-corrected chi connectivity index (χ4v) is 2.78. The van der Waals surface area contributed by atoms with Crippen molar-refractivity contribution in [1.82, 2.24) is 5.32 Å². The summed E-state index contributed by atoms with van der Waals surface area (Å²) in [7, 11) is 0. The van der Waals surface area contributed by atoms with Gasteiger partial charge in [0.2, 0.25) is 0 Å². The van der Waals surface area contributed by atoms with Crippen LogP contribution in [0.3, 0.4) is 0 Å². The van der Waals surface area contributed by atoms with Gasteiger partial charge in [0.1, 0.15) is 12.4 Å². The van der Waals surface area contributed by atoms with E-state index in [-0.39, 0.29) is 0 Å². The number of benzene rings is 2. The third kappa shape index (κ3) is 4.73. The summed E-state index contributed by atoms with van der Waals surface area (Å²) in [6.07, 6.45) is 0. The SMILES string of the molecule is CCNCc1ccc(COc2ccc(Cl)cc2C)c(Br)c1. The van der Waals surface area contributed by atoms with Crippen LogP contribution in [0.15, 0.2) is 40.9 Å². The standard InChI is InChI=1S/C17H19BrClNO/c1-3-20-10-13-4-5-14(16(18)9-13)11-21-17-7-6-15(19)8-12(17)2/h4-9,20H,3,10-11H2,1-2H3. The summed E-state index contributed by atoms with van der Waals surface area (Å²) in [5.41, 5.74) is 3.43. The smallest absolute Gasteiger partial charge is 0.122 e. The number of hydrogen-bond acceptors (Lipinski definition) is 2. The summed E-state index contributed by atoms with van der Waals surface area (Å²) >= 11 is 9.56. The van der Waals surface area contributed by atoms with Crippen LogP contribution in [-0.2, 0) is 13.2 Å². The zero-order valence-corrected chi connectivity index (χ0v) is 14.6. The zero-order valence-electron chi connectivity index (χ0n) is 12.2. The molecule has 2 nitrogen and oxygen atoms in total. The van der Waals surface area contributed by atoms with Crippen LogP contribution < -0.4 is 10.1 Å². The molecule has 0 amide bonds. The van der Waals surface area contributed by atoms with Gasteiger partial charge in [-0.15, -0.1) is 0 Å². The fraction of sp³-hybridized carbons (Fsp3) is 0.294. The maximum atomic E-state index is 5.95. The molecule has 2 aromatic carbocycles. The van der Waals surface area contributed by atoms with Gasteiger partial charge in [0.05, 0.1) is 0 Å². The molecule has 0 atom stereocenters. The average molecular weight is 369 g/mol. The number of aryl methyl sites for hydroxylation is 1. The van der Waals surface area contributed by atoms with Crippen molar-refractivity contribution in [1.29, 1.82) is 0 Å². The minimum absolute atomic E-state index is 0.532. The summed E-state index contributed by atoms with van der Waals surface area (Å²) in [6.45, 7) is 6.48. The Morgan fingerprint density at radius 2 is 2.00 bits per heavy atom. The van der Waals surface area contributed by atoms with Crippen molar-refractivity contribution in [3.05, 3.63) is 62.6 Å². The maximum absolute atomic E-state index is 5.95. The van der Waals surface area contributed by atoms with Gasteiger partial charge < -0.3 is 10.1 Å². The highest BCUT2D eigenvalue weighted by Crippen LogP contribution is 2.25. The Kier molecular flexibility index (Phi) is 6.09. The van der Waals surface area contributed by atoms with Crippen LogP contribution in [0.2, 0.25) is 5.02 Å². The molecule has 0 aliphatic rings. The lowest BCUT2D eigenvalue weighted by Gasteiger charge is -2.12. The van der Waals surface area contributed by atoms with Crippen molar-refractivity contribution < 1.29 is 4.74 Å². The molecule has 2 rings (SSSR count). The highest BCUT2D eigenvalue weighted by molar-refractivity contribution is 9.10. The molecule has 1 N–H and O–H groups in total. The second-order valence-electron chi connectivity index (χ2n) is 4.90. The fourth-order valence-electron chi connectivity index (χ4n) is 2.02. The van der Waals surface area contributed by atoms with Crippen LogP contribution in [0.5, 0.6) is 5.75 Å². The lowest BCUT2D eigenvalue weighted by molar-refractivity contribution is 0.303. The summed E-state index contributed by atoms with van der Waals surface area (Å²) in [6, 6.07) is 12.0. The summed E-state index contributed by atoms with van der Waals surface area (Å²) in [5, 5.41) is 4.05. The Bertz CT molecular complexity index is 616. The number of halogens is 2. The van der Waals surface area contributed by atoms with Crippen molar-refractivity contribution >= 4 is 27.5 Å². The molecule has 0 saturated carbocycles. The molecule has 112 valence electrons. The Morgan fingerprint density at radius 3 is 2.67 bits per heavy atom. The van der Waals surface area contributed by atoms with Gasteiger partial charge in [-0.2, -0.15) is 0 Å². The lowest BCUT2D eigenvalue weighted by Crippen LogP contribution is -2.11. The van der Waals surface area contributed by atoms with E-state index in [2.05, 4.69) is 46.4 Å². The average Bonchev–Trinajstić information content (AvgIpc) is 2.45. The third-order valence-corrected chi connectivity index (χ3v) is 4.19. The van der Waals surface area contributed by atoms with E-state index < -0.39 is 0 Å². The summed E-state index contributed by atoms with van der Waals surface area (Å²) in [4.78, 5) is 0. The maximum Gasteiger partial charge on any atom is 0.122 e. The van der Waals surface area contributed by atoms with Gasteiger partial charge in [0.15, 0.2) is 0 Å². The van der Waals surface area contributed by atoms with Gasteiger partial charge in [0, 0.05) is 21.6 Å². The Labute approximate surface area is 139 Å². The van der Waals surface area contributed by atoms with Crippen molar-refractivity contribution in [3.8, 4) is 5.75 Å². The minimum Gasteiger partial charge on any atom is -0.489 e. The van der Waals surface area contributed by atoms with E-state index in [1.165, 1.54) is 5.56 Å². The predicted molar refractivity (Wildman–Crippen MR) is 92.0 cm³/mol. The lowest BCUT2D eigenvalue weighted by atomic mass is 10.1. The van der Waals surface area contributed by atoms with Crippen molar-refractivity contribution in [3.63, 3.8) is 0 Å². The predicted octanol–water partition coefficient (Wildman–Crippen LogP) is 5.10. The number of ether oxygens (including phenoxy) is 1. The first kappa shape index (κ1) is 16.3. The molecule has 0 bridgehead atoms. The largest absolute Gasteiger partial charge is 0.489 e. The Morgan fingerprint density at radius 1 is 1.19 bits per heavy atom. The Balaban J connectivity index is 2.02. The molecule has 0 aromatic heterocycles. The van der Waals surface area contributed by atoms with Crippen LogP contribution >= 0.6 is 27.5 Å². The minimum atomic E-state index is 0.532. The molecule has 0 heterocycles. The molecule has 0 aliphatic heterocycles. The van der Waals surface area contributed by atoms with Gasteiger partial charge in [-0.05, 0) is 48.9 Å². The zero-order chi connectivity index (χ0) is 15.2. The van der Waals surface area contributed by atoms with E-state index >= 15 is 0 Å². The topological polar surface area (TPSA) is 21.3 Å². The molecular weight excluding hydrogens is 350 g/mol. The quantitative estimate of drug-likeness (QED) is 0.766. The summed E-state index contributed by atoms with van der Waals surface area (Å²) < 4.78 is 6.95. The second-order valence-corrected chi connectivity index (χ2v) is 6.20. The Hall–Kier alpha value is -1.03. The molecule has 0 spiro atoms. The molecule has 4 heteroatoms. The first-order chi connectivity index (χ1) is 10.1. The highest BCUT2D eigenvalue weighted by Gasteiger charge is 2.05. The number of nitrogens with one attached hydrogen (secondary N) is 1. The monoisotopic (exact) mass is 367 g/mol. The van der Waals surface area contributed by atoms with Crippen LogP contribution in [0.1, 0.15) is 23.6 Å². The molecule has 2 aromatic rings. The van der Waals surface area contributed by atoms with Gasteiger partial charge in [-0.3, -0.25) is 0 Å². The molecular formula is C17H19BrClNO. The highest BCUT2D eigenvalue weighted by atomic mass is 79.9. The molecule has 0 fully saturated rings. The molecule has 0 unspecified atom stereocenters. The van der Waals surface area contributed by atoms with E-state index in [1.807, 2.05) is 25.1 Å². The molecule has 21 heavy (non-hydrogen) atoms. The molecule has 0 aliphatic carbocycles. The van der Waals surface area contributed by atoms with Crippen molar-refractivity contribution in [2.24, 2.45) is 0 Å². The van der Waals surface area contributed by atoms with Crippen LogP contribution in [0.4, 0.5) is 0 Å². The number of hydrogen-bond donors (Lipinski definition) is 1. The van der Waals surface area contributed by atoms with Gasteiger partial charge in [-0.25, -0.2) is 0 Å². The van der Waals surface area contributed by atoms with E-state index in [9.17, 15) is 0 Å². The normalized spacial score (nSPS) is 10.7. The van der Waals surface area contributed by atoms with E-state index in [0.717, 1.165) is 39.5 Å². The van der Waals surface area contributed by atoms with Crippen LogP contribution in [0, 0.1) is 6.92 Å². The van der Waals surface area contributed by atoms with Gasteiger partial charge >= 0.3 is 0 Å². The van der Waals surface area contributed by atoms with Gasteiger partial charge in [-0.1, -0.05) is 46.6 Å². The molecule has 0 saturated heterocycles. The number of rotatable bonds is 6. The summed E-state index contributed by atoms with van der Waals surface area (Å²) in [5.74, 6) is 0.864. The van der Waals surface area contributed by atoms with E-state index in [1.54, 1.807) is 0 Å². The second kappa shape index (κ2) is 7.83. The van der Waals surface area contributed by atoms with Gasteiger partial charge in [0.25, 0.3) is 0 Å². The van der Waals surface area contributed by atoms with Crippen LogP contribution in [-0.4, -0.2) is 6.54 Å². The van der Waals surface area contributed by atoms with Crippen molar-refractivity contribution in [2.45, 2.75) is 27.0 Å². The third-order valence-electron chi connectivity index (χ3n) is 3.22. The molecule has 0 radical (unpaired) electrons. The van der Waals surface area contributed by atoms with E-state index in [4.69, 9.17) is 16.3 Å². The first-order valence-electron chi connectivity index (χ1n) is 6.97. The van der Waals surface area contributed by atoms with Crippen LogP contribution in [0.25, 0.3) is 0 Å². The first-order valence-corrected chi connectivity index (χ1v) is 8.14.